The van der Waals surface area contributed by atoms with Crippen LogP contribution in [0, 0.1) is 6.92 Å². The van der Waals surface area contributed by atoms with Gasteiger partial charge in [-0.25, -0.2) is 0 Å². The molecular formula is C4H7NOSW2-2. The second-order valence-corrected chi connectivity index (χ2v) is 1.44. The molecule has 0 spiro atoms. The minimum absolute atomic E-state index is 0. The van der Waals surface area contributed by atoms with Gasteiger partial charge in [-0.05, 0) is 6.54 Å². The number of carbonyl (C=O) groups is 1. The van der Waals surface area contributed by atoms with Crippen LogP contribution in [0.25, 0.3) is 0 Å². The van der Waals surface area contributed by atoms with Crippen LogP contribution in [0.2, 0.25) is 0 Å². The van der Waals surface area contributed by atoms with E-state index in [1.54, 1.807) is 0 Å². The van der Waals surface area contributed by atoms with Crippen molar-refractivity contribution in [2.75, 3.05) is 6.54 Å². The number of nitrogens with one attached hydrogen (secondary N) is 1. The first kappa shape index (κ1) is 16.6. The molecule has 0 radical (unpaired) electrons. The third-order valence-electron chi connectivity index (χ3n) is 0.446. The Balaban J connectivity index is -0.000000180. The zero-order valence-electron chi connectivity index (χ0n) is 4.75. The molecule has 0 saturated carbocycles. The first-order valence-electron chi connectivity index (χ1n) is 2.01. The van der Waals surface area contributed by atoms with Crippen LogP contribution >= 0.6 is 0 Å². The van der Waals surface area contributed by atoms with Crippen molar-refractivity contribution in [3.05, 3.63) is 6.92 Å². The Kier molecular flexibility index (Phi) is 21.8. The van der Waals surface area contributed by atoms with E-state index in [1.165, 1.54) is 0 Å². The SMILES string of the molecule is [CH2-]CCNC(=O)[S-].[W].[W]. The van der Waals surface area contributed by atoms with Crippen LogP contribution in [-0.2, 0) is 54.8 Å². The van der Waals surface area contributed by atoms with Gasteiger partial charge in [0.05, 0.1) is 5.24 Å². The predicted molar refractivity (Wildman–Crippen MR) is 30.7 cm³/mol. The Bertz CT molecular complexity index is 71.6. The summed E-state index contributed by atoms with van der Waals surface area (Å²) in [5.74, 6) is 0. The fraction of sp³-hybridized carbons (Fsp3) is 0.500. The summed E-state index contributed by atoms with van der Waals surface area (Å²) in [7, 11) is 0. The molecule has 1 amide bonds. The van der Waals surface area contributed by atoms with Gasteiger partial charge in [0.2, 0.25) is 0 Å². The van der Waals surface area contributed by atoms with Crippen molar-refractivity contribution in [3.63, 3.8) is 0 Å². The minimum Gasteiger partial charge on any atom is -0.719 e. The molecule has 0 unspecified atom stereocenters. The summed E-state index contributed by atoms with van der Waals surface area (Å²) in [6, 6.07) is 0. The smallest absolute Gasteiger partial charge is 0.0979 e. The monoisotopic (exact) mass is 485 g/mol. The summed E-state index contributed by atoms with van der Waals surface area (Å²) in [4.78, 5) is 9.88. The van der Waals surface area contributed by atoms with Crippen LogP contribution < -0.4 is 5.32 Å². The van der Waals surface area contributed by atoms with Gasteiger partial charge >= 0.3 is 0 Å². The molecule has 0 bridgehead atoms. The normalized spacial score (nSPS) is 6.33. The van der Waals surface area contributed by atoms with Crippen molar-refractivity contribution in [3.8, 4) is 0 Å². The van der Waals surface area contributed by atoms with Crippen LogP contribution in [0.1, 0.15) is 6.42 Å². The van der Waals surface area contributed by atoms with Crippen molar-refractivity contribution in [2.45, 2.75) is 6.42 Å². The molecule has 0 atom stereocenters. The summed E-state index contributed by atoms with van der Waals surface area (Å²) in [6.07, 6.45) is 0.697. The van der Waals surface area contributed by atoms with Gasteiger partial charge in [0.15, 0.2) is 0 Å². The quantitative estimate of drug-likeness (QED) is 0.456. The number of rotatable bonds is 2. The van der Waals surface area contributed by atoms with Gasteiger partial charge in [0.1, 0.15) is 0 Å². The molecule has 0 aliphatic carbocycles. The molecule has 0 heterocycles. The van der Waals surface area contributed by atoms with E-state index in [1.807, 2.05) is 0 Å². The average molecular weight is 485 g/mol. The van der Waals surface area contributed by atoms with Gasteiger partial charge in [-0.3, -0.25) is 0 Å². The number of carbonyl (C=O) groups excluding carboxylic acids is 1. The van der Waals surface area contributed by atoms with Crippen LogP contribution in [0.15, 0.2) is 0 Å². The van der Waals surface area contributed by atoms with E-state index in [9.17, 15) is 4.79 Å². The molecule has 0 rings (SSSR count). The van der Waals surface area contributed by atoms with Crippen molar-refractivity contribution in [2.24, 2.45) is 0 Å². The molecule has 1 N–H and O–H groups in total. The average Bonchev–Trinajstić information content (AvgIpc) is 1.61. The molecule has 0 aromatic rings. The van der Waals surface area contributed by atoms with Gasteiger partial charge in [-0.2, -0.15) is 6.42 Å². The number of hydrogen-bond acceptors (Lipinski definition) is 2. The zero-order chi connectivity index (χ0) is 5.70. The minimum atomic E-state index is -0.399. The summed E-state index contributed by atoms with van der Waals surface area (Å²) < 4.78 is 0. The molecule has 0 saturated heterocycles. The molecule has 0 aliphatic rings. The summed E-state index contributed by atoms with van der Waals surface area (Å²) in [6.45, 7) is 4.08. The second-order valence-electron chi connectivity index (χ2n) is 1.07. The zero-order valence-corrected chi connectivity index (χ0v) is 11.4. The molecular weight excluding hydrogens is 478 g/mol. The fourth-order valence-electron chi connectivity index (χ4n) is 0.190. The van der Waals surface area contributed by atoms with Gasteiger partial charge in [-0.15, -0.1) is 0 Å². The van der Waals surface area contributed by atoms with E-state index >= 15 is 0 Å². The summed E-state index contributed by atoms with van der Waals surface area (Å²) in [5.41, 5.74) is 0. The van der Waals surface area contributed by atoms with Crippen LogP contribution in [-0.4, -0.2) is 11.8 Å². The maximum atomic E-state index is 9.88. The molecule has 5 heteroatoms. The summed E-state index contributed by atoms with van der Waals surface area (Å²) >= 11 is 4.17. The van der Waals surface area contributed by atoms with E-state index in [2.05, 4.69) is 24.9 Å². The Morgan fingerprint density at radius 2 is 2.00 bits per heavy atom. The van der Waals surface area contributed by atoms with Crippen molar-refractivity contribution in [1.29, 1.82) is 0 Å². The Morgan fingerprint density at radius 1 is 1.56 bits per heavy atom. The number of amides is 1. The van der Waals surface area contributed by atoms with Crippen molar-refractivity contribution in [1.82, 2.24) is 5.32 Å². The van der Waals surface area contributed by atoms with Crippen LogP contribution in [0.5, 0.6) is 0 Å². The Hall–Kier alpha value is 1.07. The van der Waals surface area contributed by atoms with E-state index in [0.717, 1.165) is 0 Å². The molecule has 0 aromatic heterocycles. The molecule has 54 valence electrons. The predicted octanol–water partition coefficient (Wildman–Crippen LogP) is 0.462. The van der Waals surface area contributed by atoms with E-state index < -0.39 is 5.24 Å². The maximum Gasteiger partial charge on any atom is 0.0979 e. The Labute approximate surface area is 89.5 Å². The van der Waals surface area contributed by atoms with Gasteiger partial charge in [0.25, 0.3) is 0 Å². The van der Waals surface area contributed by atoms with Crippen molar-refractivity contribution >= 4 is 17.9 Å². The maximum absolute atomic E-state index is 9.88. The summed E-state index contributed by atoms with van der Waals surface area (Å²) in [5, 5.41) is 2.01. The van der Waals surface area contributed by atoms with Crippen LogP contribution in [0.3, 0.4) is 0 Å². The third-order valence-corrected chi connectivity index (χ3v) is 0.590. The van der Waals surface area contributed by atoms with E-state index in [4.69, 9.17) is 0 Å². The topological polar surface area (TPSA) is 29.1 Å². The second kappa shape index (κ2) is 11.8. The van der Waals surface area contributed by atoms with Gasteiger partial charge in [-0.1, -0.05) is 0 Å². The van der Waals surface area contributed by atoms with E-state index in [0.29, 0.717) is 13.0 Å². The molecule has 2 nitrogen and oxygen atoms in total. The first-order valence-corrected chi connectivity index (χ1v) is 2.42. The van der Waals surface area contributed by atoms with Crippen LogP contribution in [0.4, 0.5) is 4.79 Å². The van der Waals surface area contributed by atoms with Gasteiger partial charge in [0, 0.05) is 42.1 Å². The molecule has 0 fully saturated rings. The fourth-order valence-corrected chi connectivity index (χ4v) is 0.293. The standard InChI is InChI=1S/C4H8NOS.2W/c1-2-3-5-4(6)7;;/h1-3H2,(H2,5,6,7);;/q-1;;/p-1. The van der Waals surface area contributed by atoms with Crippen molar-refractivity contribution < 1.29 is 46.9 Å². The molecule has 0 aliphatic heterocycles. The number of hydrogen-bond donors (Lipinski definition) is 1. The first-order chi connectivity index (χ1) is 3.27. The van der Waals surface area contributed by atoms with Gasteiger partial charge < -0.3 is 29.7 Å². The largest absolute Gasteiger partial charge is 0.719 e. The third kappa shape index (κ3) is 17.6. The Morgan fingerprint density at radius 3 is 2.11 bits per heavy atom. The van der Waals surface area contributed by atoms with E-state index in [-0.39, 0.29) is 42.1 Å². The molecule has 0 aromatic carbocycles. The molecule has 9 heavy (non-hydrogen) atoms.